The molecule has 0 aliphatic carbocycles. The van der Waals surface area contributed by atoms with Crippen LogP contribution in [0, 0.1) is 5.82 Å². The Morgan fingerprint density at radius 2 is 1.93 bits per heavy atom. The lowest BCUT2D eigenvalue weighted by Crippen LogP contribution is -3.00. The van der Waals surface area contributed by atoms with Gasteiger partial charge in [-0.05, 0) is 42.8 Å². The van der Waals surface area contributed by atoms with Gasteiger partial charge in [0.05, 0.1) is 11.3 Å². The molecule has 7 heteroatoms. The van der Waals surface area contributed by atoms with Gasteiger partial charge in [-0.2, -0.15) is 5.10 Å². The fraction of sp³-hybridized carbons (Fsp3) is 0.0952. The van der Waals surface area contributed by atoms with Gasteiger partial charge in [0, 0.05) is 23.2 Å². The summed E-state index contributed by atoms with van der Waals surface area (Å²) in [6.45, 7) is 3.00. The van der Waals surface area contributed by atoms with E-state index in [0.29, 0.717) is 10.9 Å². The van der Waals surface area contributed by atoms with Crippen molar-refractivity contribution in [3.05, 3.63) is 78.5 Å². The summed E-state index contributed by atoms with van der Waals surface area (Å²) >= 11 is 0. The summed E-state index contributed by atoms with van der Waals surface area (Å²) in [6, 6.07) is 14.4. The molecule has 0 aliphatic heterocycles. The van der Waals surface area contributed by atoms with Gasteiger partial charge in [-0.15, -0.1) is 0 Å². The molecule has 0 fully saturated rings. The molecule has 2 aromatic heterocycles. The fourth-order valence-corrected chi connectivity index (χ4v) is 3.11. The number of primary amides is 1. The monoisotopic (exact) mass is 488 g/mol. The summed E-state index contributed by atoms with van der Waals surface area (Å²) in [5.74, 6) is -1.21. The topological polar surface area (TPSA) is 64.8 Å². The third-order valence-corrected chi connectivity index (χ3v) is 4.53. The summed E-state index contributed by atoms with van der Waals surface area (Å²) in [5, 5.41) is 4.95. The van der Waals surface area contributed by atoms with Crippen LogP contribution in [0.2, 0.25) is 0 Å². The first-order valence-corrected chi connectivity index (χ1v) is 8.64. The first-order chi connectivity index (χ1) is 13.0. The minimum absolute atomic E-state index is 0. The molecule has 4 rings (SSSR count). The first-order valence-electron chi connectivity index (χ1n) is 8.64. The molecule has 5 nitrogen and oxygen atoms in total. The second-order valence-corrected chi connectivity index (χ2v) is 6.30. The van der Waals surface area contributed by atoms with E-state index >= 15 is 0 Å². The van der Waals surface area contributed by atoms with Crippen LogP contribution in [0.1, 0.15) is 17.3 Å². The standard InChI is InChI=1S/C21H17FN4O.HI/c1-2-25-9-3-4-15(12-25)14-5-7-18(8-6-14)26-13-16-10-17(22)11-19(21(23)27)20(16)24-26;/h3-13H,2H2,1H3,(H-,23,27);1H. The number of halogens is 2. The summed E-state index contributed by atoms with van der Waals surface area (Å²) in [5.41, 5.74) is 8.83. The maximum absolute atomic E-state index is 13.7. The van der Waals surface area contributed by atoms with Gasteiger partial charge in [-0.25, -0.2) is 13.6 Å². The largest absolute Gasteiger partial charge is 1.00 e. The number of rotatable bonds is 4. The minimum Gasteiger partial charge on any atom is -1.00 e. The molecule has 1 amide bonds. The quantitative estimate of drug-likeness (QED) is 0.331. The van der Waals surface area contributed by atoms with Gasteiger partial charge in [0.1, 0.15) is 17.9 Å². The van der Waals surface area contributed by atoms with Crippen molar-refractivity contribution in [1.29, 1.82) is 0 Å². The van der Waals surface area contributed by atoms with Gasteiger partial charge >= 0.3 is 0 Å². The zero-order chi connectivity index (χ0) is 19.0. The highest BCUT2D eigenvalue weighted by Crippen LogP contribution is 2.23. The molecule has 142 valence electrons. The first kappa shape index (κ1) is 19.9. The molecule has 28 heavy (non-hydrogen) atoms. The zero-order valence-electron chi connectivity index (χ0n) is 15.1. The SMILES string of the molecule is CC[n+]1cccc(-c2ccc(-n3cc4cc(F)cc(C(N)=O)c4n3)cc2)c1.[I-]. The van der Waals surface area contributed by atoms with Crippen molar-refractivity contribution < 1.29 is 37.7 Å². The number of hydrogen-bond donors (Lipinski definition) is 1. The zero-order valence-corrected chi connectivity index (χ0v) is 17.3. The van der Waals surface area contributed by atoms with Crippen LogP contribution in [0.25, 0.3) is 27.7 Å². The number of carbonyl (C=O) groups is 1. The number of aryl methyl sites for hydroxylation is 1. The van der Waals surface area contributed by atoms with E-state index in [9.17, 15) is 9.18 Å². The number of nitrogens with zero attached hydrogens (tertiary/aromatic N) is 3. The van der Waals surface area contributed by atoms with Crippen LogP contribution in [0.15, 0.2) is 67.1 Å². The molecule has 2 aromatic carbocycles. The van der Waals surface area contributed by atoms with Crippen molar-refractivity contribution in [3.63, 3.8) is 0 Å². The Kier molecular flexibility index (Phi) is 5.73. The van der Waals surface area contributed by atoms with Crippen LogP contribution in [0.5, 0.6) is 0 Å². The third kappa shape index (κ3) is 3.75. The Labute approximate surface area is 178 Å². The number of amides is 1. The highest BCUT2D eigenvalue weighted by Gasteiger charge is 2.14. The summed E-state index contributed by atoms with van der Waals surface area (Å²) in [6.07, 6.45) is 5.81. The van der Waals surface area contributed by atoms with Crippen molar-refractivity contribution in [2.75, 3.05) is 0 Å². The van der Waals surface area contributed by atoms with Crippen molar-refractivity contribution in [3.8, 4) is 16.8 Å². The number of pyridine rings is 1. The average molecular weight is 488 g/mol. The molecule has 2 N–H and O–H groups in total. The molecule has 4 aromatic rings. The lowest BCUT2D eigenvalue weighted by atomic mass is 10.1. The van der Waals surface area contributed by atoms with Crippen LogP contribution in [0.3, 0.4) is 0 Å². The number of fused-ring (bicyclic) bond motifs is 1. The number of hydrogen-bond acceptors (Lipinski definition) is 2. The van der Waals surface area contributed by atoms with Gasteiger partial charge in [-0.3, -0.25) is 4.79 Å². The van der Waals surface area contributed by atoms with Crippen LogP contribution in [-0.4, -0.2) is 15.7 Å². The molecule has 0 spiro atoms. The third-order valence-electron chi connectivity index (χ3n) is 4.53. The lowest BCUT2D eigenvalue weighted by Gasteiger charge is -2.04. The molecule has 0 unspecified atom stereocenters. The van der Waals surface area contributed by atoms with E-state index in [-0.39, 0.29) is 29.5 Å². The highest BCUT2D eigenvalue weighted by atomic mass is 127. The van der Waals surface area contributed by atoms with E-state index in [1.807, 2.05) is 36.5 Å². The van der Waals surface area contributed by atoms with Crippen molar-refractivity contribution in [2.24, 2.45) is 5.73 Å². The average Bonchev–Trinajstić information content (AvgIpc) is 3.11. The van der Waals surface area contributed by atoms with Gasteiger partial charge in [0.2, 0.25) is 0 Å². The summed E-state index contributed by atoms with van der Waals surface area (Å²) < 4.78 is 17.5. The number of aromatic nitrogens is 3. The van der Waals surface area contributed by atoms with E-state index in [0.717, 1.165) is 29.4 Å². The van der Waals surface area contributed by atoms with E-state index in [1.54, 1.807) is 10.9 Å². The lowest BCUT2D eigenvalue weighted by molar-refractivity contribution is -0.693. The Hall–Kier alpha value is -2.81. The van der Waals surface area contributed by atoms with Gasteiger partial charge in [0.15, 0.2) is 12.4 Å². The Bertz CT molecular complexity index is 1160. The van der Waals surface area contributed by atoms with Crippen molar-refractivity contribution >= 4 is 16.8 Å². The number of benzene rings is 2. The van der Waals surface area contributed by atoms with E-state index in [2.05, 4.69) is 28.9 Å². The van der Waals surface area contributed by atoms with E-state index in [1.165, 1.54) is 6.07 Å². The van der Waals surface area contributed by atoms with Crippen LogP contribution < -0.4 is 34.3 Å². The van der Waals surface area contributed by atoms with Crippen molar-refractivity contribution in [1.82, 2.24) is 9.78 Å². The normalized spacial score (nSPS) is 10.6. The second-order valence-electron chi connectivity index (χ2n) is 6.30. The Morgan fingerprint density at radius 3 is 2.61 bits per heavy atom. The van der Waals surface area contributed by atoms with Crippen molar-refractivity contribution in [2.45, 2.75) is 13.5 Å². The molecule has 0 atom stereocenters. The van der Waals surface area contributed by atoms with Gasteiger partial charge in [0.25, 0.3) is 5.91 Å². The van der Waals surface area contributed by atoms with Crippen LogP contribution in [-0.2, 0) is 6.54 Å². The predicted molar refractivity (Wildman–Crippen MR) is 101 cm³/mol. The minimum atomic E-state index is -0.701. The molecular formula is C21H18FIN4O. The predicted octanol–water partition coefficient (Wildman–Crippen LogP) is 0.242. The van der Waals surface area contributed by atoms with E-state index < -0.39 is 11.7 Å². The molecule has 0 bridgehead atoms. The fourth-order valence-electron chi connectivity index (χ4n) is 3.11. The molecule has 0 aliphatic rings. The second kappa shape index (κ2) is 8.05. The molecule has 0 saturated heterocycles. The van der Waals surface area contributed by atoms with Crippen LogP contribution in [0.4, 0.5) is 4.39 Å². The smallest absolute Gasteiger partial charge is 0.251 e. The number of carbonyl (C=O) groups excluding carboxylic acids is 1. The van der Waals surface area contributed by atoms with Crippen LogP contribution >= 0.6 is 0 Å². The Morgan fingerprint density at radius 1 is 1.18 bits per heavy atom. The maximum atomic E-state index is 13.7. The maximum Gasteiger partial charge on any atom is 0.251 e. The van der Waals surface area contributed by atoms with Gasteiger partial charge in [-0.1, -0.05) is 12.1 Å². The molecule has 0 radical (unpaired) electrons. The number of nitrogens with two attached hydrogens (primary N) is 1. The molecular weight excluding hydrogens is 470 g/mol. The summed E-state index contributed by atoms with van der Waals surface area (Å²) in [7, 11) is 0. The van der Waals surface area contributed by atoms with E-state index in [4.69, 9.17) is 5.73 Å². The Balaban J connectivity index is 0.00000225. The van der Waals surface area contributed by atoms with Gasteiger partial charge < -0.3 is 29.7 Å². The highest BCUT2D eigenvalue weighted by molar-refractivity contribution is 6.04. The summed E-state index contributed by atoms with van der Waals surface area (Å²) in [4.78, 5) is 11.6. The molecule has 2 heterocycles. The molecule has 0 saturated carbocycles.